The van der Waals surface area contributed by atoms with Crippen molar-refractivity contribution in [2.75, 3.05) is 52.8 Å². The van der Waals surface area contributed by atoms with E-state index in [1.807, 2.05) is 45.0 Å². The Balaban J connectivity index is 0.00000211. The van der Waals surface area contributed by atoms with Gasteiger partial charge in [-0.3, -0.25) is 0 Å². The molecule has 5 nitrogen and oxygen atoms in total. The van der Waals surface area contributed by atoms with Gasteiger partial charge in [0.05, 0.1) is 39.6 Å². The van der Waals surface area contributed by atoms with Crippen molar-refractivity contribution in [3.63, 3.8) is 0 Å². The summed E-state index contributed by atoms with van der Waals surface area (Å²) in [5.74, 6) is 0.868. The molecule has 0 aliphatic rings. The maximum Gasteiger partial charge on any atom is 0.119 e. The zero-order chi connectivity index (χ0) is 16.5. The normalized spacial score (nSPS) is 10.0. The van der Waals surface area contributed by atoms with Gasteiger partial charge in [-0.1, -0.05) is 31.5 Å². The number of hydrogen-bond acceptors (Lipinski definition) is 5. The quantitative estimate of drug-likeness (QED) is 0.600. The summed E-state index contributed by atoms with van der Waals surface area (Å²) in [6.07, 6.45) is 0. The lowest BCUT2D eigenvalue weighted by molar-refractivity contribution is 0.0106. The predicted molar refractivity (Wildman–Crippen MR) is 89.5 cm³/mol. The first kappa shape index (κ1) is 20.9. The van der Waals surface area contributed by atoms with Crippen LogP contribution in [0.1, 0.15) is 19.4 Å². The molecule has 0 aromatic heterocycles. The van der Waals surface area contributed by atoms with E-state index in [0.29, 0.717) is 52.8 Å². The molecule has 0 spiro atoms. The highest BCUT2D eigenvalue weighted by atomic mass is 16.6. The average Bonchev–Trinajstić information content (AvgIpc) is 2.56. The molecular weight excluding hydrogens is 282 g/mol. The van der Waals surface area contributed by atoms with Gasteiger partial charge in [-0.05, 0) is 19.1 Å². The second-order valence-electron chi connectivity index (χ2n) is 4.29. The number of aryl methyl sites for hydroxylation is 1. The highest BCUT2D eigenvalue weighted by Crippen LogP contribution is 2.10. The maximum atomic E-state index is 5.54. The molecule has 22 heavy (non-hydrogen) atoms. The highest BCUT2D eigenvalue weighted by molar-refractivity contribution is 5.26. The summed E-state index contributed by atoms with van der Waals surface area (Å²) in [5.41, 5.74) is 6.51. The number of benzene rings is 1. The summed E-state index contributed by atoms with van der Waals surface area (Å²) in [6.45, 7) is 10.6. The van der Waals surface area contributed by atoms with E-state index in [9.17, 15) is 0 Å². The lowest BCUT2D eigenvalue weighted by atomic mass is 10.2. The van der Waals surface area contributed by atoms with Crippen LogP contribution in [0.25, 0.3) is 0 Å². The van der Waals surface area contributed by atoms with E-state index in [2.05, 4.69) is 0 Å². The van der Waals surface area contributed by atoms with Crippen LogP contribution in [-0.2, 0) is 14.2 Å². The predicted octanol–water partition coefficient (Wildman–Crippen LogP) is 2.41. The van der Waals surface area contributed by atoms with Gasteiger partial charge < -0.3 is 24.7 Å². The van der Waals surface area contributed by atoms with Crippen LogP contribution in [0.3, 0.4) is 0 Å². The minimum atomic E-state index is 0.544. The van der Waals surface area contributed by atoms with Crippen LogP contribution in [-0.4, -0.2) is 52.8 Å². The SMILES string of the molecule is CC.Cc1ccc(OCCOCCOCCOCCN)cc1. The average molecular weight is 313 g/mol. The van der Waals surface area contributed by atoms with Crippen LogP contribution in [0.2, 0.25) is 0 Å². The van der Waals surface area contributed by atoms with Crippen molar-refractivity contribution in [3.05, 3.63) is 29.8 Å². The first-order chi connectivity index (χ1) is 10.8. The van der Waals surface area contributed by atoms with Gasteiger partial charge in [0.25, 0.3) is 0 Å². The molecule has 0 saturated carbocycles. The van der Waals surface area contributed by atoms with Gasteiger partial charge in [-0.2, -0.15) is 0 Å². The third-order valence-corrected chi connectivity index (χ3v) is 2.52. The fourth-order valence-corrected chi connectivity index (χ4v) is 1.48. The van der Waals surface area contributed by atoms with Crippen LogP contribution in [0.4, 0.5) is 0 Å². The Labute approximate surface area is 134 Å². The molecule has 0 amide bonds. The summed E-state index contributed by atoms with van der Waals surface area (Å²) in [4.78, 5) is 0. The number of ether oxygens (including phenoxy) is 4. The van der Waals surface area contributed by atoms with Crippen LogP contribution in [0, 0.1) is 6.92 Å². The standard InChI is InChI=1S/C15H25NO4.C2H6/c1-14-2-4-15(5-3-14)20-13-12-19-11-10-18-9-8-17-7-6-16;1-2/h2-5H,6-13,16H2,1H3;1-2H3. The molecule has 0 saturated heterocycles. The third kappa shape index (κ3) is 12.6. The van der Waals surface area contributed by atoms with Crippen LogP contribution in [0.5, 0.6) is 5.75 Å². The molecule has 1 aromatic rings. The van der Waals surface area contributed by atoms with E-state index in [1.54, 1.807) is 0 Å². The monoisotopic (exact) mass is 313 g/mol. The molecule has 0 heterocycles. The van der Waals surface area contributed by atoms with E-state index in [1.165, 1.54) is 5.56 Å². The molecule has 0 unspecified atom stereocenters. The first-order valence-corrected chi connectivity index (χ1v) is 7.95. The lowest BCUT2D eigenvalue weighted by Gasteiger charge is -2.08. The van der Waals surface area contributed by atoms with E-state index < -0.39 is 0 Å². The van der Waals surface area contributed by atoms with Gasteiger partial charge >= 0.3 is 0 Å². The van der Waals surface area contributed by atoms with Crippen molar-refractivity contribution in [2.45, 2.75) is 20.8 Å². The Morgan fingerprint density at radius 3 is 1.68 bits per heavy atom. The fraction of sp³-hybridized carbons (Fsp3) is 0.647. The second kappa shape index (κ2) is 16.2. The zero-order valence-corrected chi connectivity index (χ0v) is 14.2. The van der Waals surface area contributed by atoms with Crippen molar-refractivity contribution >= 4 is 0 Å². The molecule has 0 aliphatic carbocycles. The molecule has 0 atom stereocenters. The van der Waals surface area contributed by atoms with Gasteiger partial charge in [0.15, 0.2) is 0 Å². The number of rotatable bonds is 12. The van der Waals surface area contributed by atoms with Crippen molar-refractivity contribution in [1.82, 2.24) is 0 Å². The smallest absolute Gasteiger partial charge is 0.119 e. The lowest BCUT2D eigenvalue weighted by Crippen LogP contribution is -2.14. The molecular formula is C17H31NO4. The van der Waals surface area contributed by atoms with E-state index in [4.69, 9.17) is 24.7 Å². The summed E-state index contributed by atoms with van der Waals surface area (Å²) in [7, 11) is 0. The van der Waals surface area contributed by atoms with Gasteiger partial charge in [0.1, 0.15) is 12.4 Å². The molecule has 5 heteroatoms. The molecule has 0 bridgehead atoms. The van der Waals surface area contributed by atoms with E-state index in [-0.39, 0.29) is 0 Å². The van der Waals surface area contributed by atoms with Crippen molar-refractivity contribution < 1.29 is 18.9 Å². The van der Waals surface area contributed by atoms with Crippen molar-refractivity contribution in [2.24, 2.45) is 5.73 Å². The maximum absolute atomic E-state index is 5.54. The minimum absolute atomic E-state index is 0.544. The van der Waals surface area contributed by atoms with Crippen LogP contribution in [0.15, 0.2) is 24.3 Å². The largest absolute Gasteiger partial charge is 0.491 e. The first-order valence-electron chi connectivity index (χ1n) is 7.95. The van der Waals surface area contributed by atoms with Gasteiger partial charge in [-0.15, -0.1) is 0 Å². The summed E-state index contributed by atoms with van der Waals surface area (Å²) in [5, 5.41) is 0. The van der Waals surface area contributed by atoms with Gasteiger partial charge in [-0.25, -0.2) is 0 Å². The Bertz CT molecular complexity index is 330. The molecule has 0 fully saturated rings. The summed E-state index contributed by atoms with van der Waals surface area (Å²) >= 11 is 0. The second-order valence-corrected chi connectivity index (χ2v) is 4.29. The fourth-order valence-electron chi connectivity index (χ4n) is 1.48. The van der Waals surface area contributed by atoms with Crippen molar-refractivity contribution in [1.29, 1.82) is 0 Å². The van der Waals surface area contributed by atoms with E-state index in [0.717, 1.165) is 5.75 Å². The van der Waals surface area contributed by atoms with Gasteiger partial charge in [0.2, 0.25) is 0 Å². The Morgan fingerprint density at radius 1 is 0.727 bits per heavy atom. The topological polar surface area (TPSA) is 62.9 Å². The molecule has 0 radical (unpaired) electrons. The molecule has 128 valence electrons. The van der Waals surface area contributed by atoms with Crippen LogP contribution < -0.4 is 10.5 Å². The summed E-state index contributed by atoms with van der Waals surface area (Å²) in [6, 6.07) is 7.97. The summed E-state index contributed by atoms with van der Waals surface area (Å²) < 4.78 is 21.4. The number of hydrogen-bond donors (Lipinski definition) is 1. The molecule has 1 aromatic carbocycles. The Morgan fingerprint density at radius 2 is 1.18 bits per heavy atom. The molecule has 2 N–H and O–H groups in total. The number of nitrogens with two attached hydrogens (primary N) is 1. The molecule has 0 aliphatic heterocycles. The molecule has 1 rings (SSSR count). The van der Waals surface area contributed by atoms with Crippen LogP contribution >= 0.6 is 0 Å². The third-order valence-electron chi connectivity index (χ3n) is 2.52. The van der Waals surface area contributed by atoms with Gasteiger partial charge in [0, 0.05) is 6.54 Å². The highest BCUT2D eigenvalue weighted by Gasteiger charge is 1.94. The van der Waals surface area contributed by atoms with E-state index >= 15 is 0 Å². The Hall–Kier alpha value is -1.14. The Kier molecular flexibility index (Phi) is 15.4. The van der Waals surface area contributed by atoms with Crippen molar-refractivity contribution in [3.8, 4) is 5.75 Å². The zero-order valence-electron chi connectivity index (χ0n) is 14.2. The minimum Gasteiger partial charge on any atom is -0.491 e.